The molecule has 0 radical (unpaired) electrons. The van der Waals surface area contributed by atoms with Gasteiger partial charge >= 0.3 is 0 Å². The number of rotatable bonds is 4. The molecule has 0 bridgehead atoms. The van der Waals surface area contributed by atoms with Crippen LogP contribution in [0.25, 0.3) is 10.8 Å². The second-order valence-corrected chi connectivity index (χ2v) is 6.16. The first-order chi connectivity index (χ1) is 9.79. The summed E-state index contributed by atoms with van der Waals surface area (Å²) in [6.45, 7) is 5.62. The highest BCUT2D eigenvalue weighted by Crippen LogP contribution is 2.40. The number of nitrogens with one attached hydrogen (secondary N) is 1. The van der Waals surface area contributed by atoms with Gasteiger partial charge in [-0.3, -0.25) is 4.98 Å². The van der Waals surface area contributed by atoms with Gasteiger partial charge < -0.3 is 5.32 Å². The van der Waals surface area contributed by atoms with Crippen molar-refractivity contribution in [3.8, 4) is 0 Å². The maximum absolute atomic E-state index is 4.25. The Morgan fingerprint density at radius 1 is 1.30 bits per heavy atom. The van der Waals surface area contributed by atoms with E-state index in [1.54, 1.807) is 0 Å². The Morgan fingerprint density at radius 2 is 2.20 bits per heavy atom. The lowest BCUT2D eigenvalue weighted by Gasteiger charge is -2.26. The molecule has 1 aliphatic rings. The molecule has 3 atom stereocenters. The van der Waals surface area contributed by atoms with Crippen molar-refractivity contribution in [3.05, 3.63) is 42.2 Å². The summed E-state index contributed by atoms with van der Waals surface area (Å²) >= 11 is 0. The quantitative estimate of drug-likeness (QED) is 0.893. The highest BCUT2D eigenvalue weighted by Gasteiger charge is 2.30. The van der Waals surface area contributed by atoms with Gasteiger partial charge in [0, 0.05) is 23.8 Å². The van der Waals surface area contributed by atoms with Crippen molar-refractivity contribution in [3.63, 3.8) is 0 Å². The average molecular weight is 268 g/mol. The lowest BCUT2D eigenvalue weighted by atomic mass is 9.88. The minimum absolute atomic E-state index is 0.482. The Hall–Kier alpha value is -1.41. The first-order valence-electron chi connectivity index (χ1n) is 7.85. The van der Waals surface area contributed by atoms with Gasteiger partial charge in [0.05, 0.1) is 0 Å². The van der Waals surface area contributed by atoms with Crippen LogP contribution in [-0.4, -0.2) is 11.5 Å². The molecule has 2 aromatic rings. The van der Waals surface area contributed by atoms with E-state index < -0.39 is 0 Å². The normalized spacial score (nSPS) is 24.1. The smallest absolute Gasteiger partial charge is 0.0354 e. The minimum atomic E-state index is 0.482. The van der Waals surface area contributed by atoms with Crippen molar-refractivity contribution in [1.82, 2.24) is 10.3 Å². The van der Waals surface area contributed by atoms with Crippen LogP contribution in [0.2, 0.25) is 0 Å². The molecule has 1 N–H and O–H groups in total. The van der Waals surface area contributed by atoms with E-state index in [4.69, 9.17) is 0 Å². The zero-order chi connectivity index (χ0) is 13.9. The predicted octanol–water partition coefficient (Wildman–Crippen LogP) is 4.32. The van der Waals surface area contributed by atoms with Crippen molar-refractivity contribution in [2.45, 2.75) is 39.2 Å². The van der Waals surface area contributed by atoms with Gasteiger partial charge in [-0.2, -0.15) is 0 Å². The molecule has 1 aliphatic carbocycles. The molecule has 1 saturated carbocycles. The largest absolute Gasteiger partial charge is 0.310 e. The van der Waals surface area contributed by atoms with Gasteiger partial charge in [-0.15, -0.1) is 0 Å². The summed E-state index contributed by atoms with van der Waals surface area (Å²) in [6.07, 6.45) is 7.95. The summed E-state index contributed by atoms with van der Waals surface area (Å²) < 4.78 is 0. The fraction of sp³-hybridized carbons (Fsp3) is 0.500. The Bertz CT molecular complexity index is 573. The van der Waals surface area contributed by atoms with Crippen LogP contribution in [0, 0.1) is 11.8 Å². The predicted molar refractivity (Wildman–Crippen MR) is 84.7 cm³/mol. The van der Waals surface area contributed by atoms with Gasteiger partial charge in [0.15, 0.2) is 0 Å². The average Bonchev–Trinajstić information content (AvgIpc) is 2.91. The van der Waals surface area contributed by atoms with Gasteiger partial charge in [0.1, 0.15) is 0 Å². The molecule has 1 aromatic carbocycles. The van der Waals surface area contributed by atoms with Crippen molar-refractivity contribution < 1.29 is 0 Å². The Kier molecular flexibility index (Phi) is 4.02. The number of aromatic nitrogens is 1. The zero-order valence-corrected chi connectivity index (χ0v) is 12.5. The van der Waals surface area contributed by atoms with Crippen LogP contribution < -0.4 is 5.32 Å². The van der Waals surface area contributed by atoms with Crippen LogP contribution in [-0.2, 0) is 0 Å². The number of benzene rings is 1. The third-order valence-electron chi connectivity index (χ3n) is 4.68. The zero-order valence-electron chi connectivity index (χ0n) is 12.5. The fourth-order valence-electron chi connectivity index (χ4n) is 3.72. The van der Waals surface area contributed by atoms with Gasteiger partial charge in [0.25, 0.3) is 0 Å². The van der Waals surface area contributed by atoms with Crippen LogP contribution in [0.3, 0.4) is 0 Å². The number of hydrogen-bond donors (Lipinski definition) is 1. The maximum atomic E-state index is 4.25. The molecule has 2 heteroatoms. The highest BCUT2D eigenvalue weighted by molar-refractivity contribution is 5.85. The van der Waals surface area contributed by atoms with Crippen LogP contribution in [0.5, 0.6) is 0 Å². The molecule has 0 aliphatic heterocycles. The first-order valence-corrected chi connectivity index (χ1v) is 7.85. The van der Waals surface area contributed by atoms with Crippen LogP contribution in [0.1, 0.15) is 44.7 Å². The van der Waals surface area contributed by atoms with E-state index in [9.17, 15) is 0 Å². The Labute approximate surface area is 121 Å². The molecule has 1 fully saturated rings. The van der Waals surface area contributed by atoms with E-state index in [1.807, 2.05) is 12.4 Å². The van der Waals surface area contributed by atoms with Gasteiger partial charge in [-0.1, -0.05) is 38.5 Å². The lowest BCUT2D eigenvalue weighted by molar-refractivity contribution is 0.367. The van der Waals surface area contributed by atoms with Crippen molar-refractivity contribution >= 4 is 10.8 Å². The summed E-state index contributed by atoms with van der Waals surface area (Å²) in [5, 5.41) is 6.34. The molecule has 0 saturated heterocycles. The van der Waals surface area contributed by atoms with Gasteiger partial charge in [-0.25, -0.2) is 0 Å². The molecule has 0 amide bonds. The third kappa shape index (κ3) is 2.57. The molecule has 3 rings (SSSR count). The van der Waals surface area contributed by atoms with E-state index >= 15 is 0 Å². The number of nitrogens with zero attached hydrogens (tertiary/aromatic N) is 1. The van der Waals surface area contributed by atoms with Gasteiger partial charge in [-0.05, 0) is 48.2 Å². The van der Waals surface area contributed by atoms with Crippen LogP contribution >= 0.6 is 0 Å². The fourth-order valence-corrected chi connectivity index (χ4v) is 3.72. The van der Waals surface area contributed by atoms with E-state index in [0.717, 1.165) is 18.4 Å². The second-order valence-electron chi connectivity index (χ2n) is 6.16. The molecular weight excluding hydrogens is 244 g/mol. The van der Waals surface area contributed by atoms with E-state index in [2.05, 4.69) is 48.4 Å². The minimum Gasteiger partial charge on any atom is -0.310 e. The second kappa shape index (κ2) is 5.92. The van der Waals surface area contributed by atoms with Crippen LogP contribution in [0.15, 0.2) is 36.7 Å². The molecule has 20 heavy (non-hydrogen) atoms. The summed E-state index contributed by atoms with van der Waals surface area (Å²) in [5.74, 6) is 1.64. The summed E-state index contributed by atoms with van der Waals surface area (Å²) in [6, 6.07) is 9.26. The summed E-state index contributed by atoms with van der Waals surface area (Å²) in [7, 11) is 0. The summed E-state index contributed by atoms with van der Waals surface area (Å²) in [4.78, 5) is 4.25. The molecule has 1 aromatic heterocycles. The van der Waals surface area contributed by atoms with E-state index in [-0.39, 0.29) is 0 Å². The monoisotopic (exact) mass is 268 g/mol. The first kappa shape index (κ1) is 13.6. The number of pyridine rings is 1. The van der Waals surface area contributed by atoms with E-state index in [0.29, 0.717) is 6.04 Å². The SMILES string of the molecule is CCNC(c1cccc2cnccc12)C1CCC(C)C1. The highest BCUT2D eigenvalue weighted by atomic mass is 14.9. The third-order valence-corrected chi connectivity index (χ3v) is 4.68. The lowest BCUT2D eigenvalue weighted by Crippen LogP contribution is -2.27. The van der Waals surface area contributed by atoms with Gasteiger partial charge in [0.2, 0.25) is 0 Å². The Balaban J connectivity index is 2.01. The topological polar surface area (TPSA) is 24.9 Å². The van der Waals surface area contributed by atoms with Crippen molar-refractivity contribution in [2.75, 3.05) is 6.54 Å². The number of fused-ring (bicyclic) bond motifs is 1. The summed E-state index contributed by atoms with van der Waals surface area (Å²) in [5.41, 5.74) is 1.45. The molecule has 2 nitrogen and oxygen atoms in total. The molecule has 3 unspecified atom stereocenters. The van der Waals surface area contributed by atoms with Crippen LogP contribution in [0.4, 0.5) is 0 Å². The van der Waals surface area contributed by atoms with Crippen molar-refractivity contribution in [1.29, 1.82) is 0 Å². The molecule has 1 heterocycles. The molecule has 0 spiro atoms. The van der Waals surface area contributed by atoms with E-state index in [1.165, 1.54) is 35.6 Å². The molecular formula is C18H24N2. The Morgan fingerprint density at radius 3 is 2.95 bits per heavy atom. The standard InChI is InChI=1S/C18H24N2/c1-3-20-18(14-8-7-13(2)11-14)17-6-4-5-15-12-19-10-9-16(15)17/h4-6,9-10,12-14,18,20H,3,7-8,11H2,1-2H3. The number of hydrogen-bond acceptors (Lipinski definition) is 2. The van der Waals surface area contributed by atoms with Crippen molar-refractivity contribution in [2.24, 2.45) is 11.8 Å². The maximum Gasteiger partial charge on any atom is 0.0354 e. The molecule has 106 valence electrons.